The Labute approximate surface area is 138 Å². The molecule has 1 aromatic rings. The Bertz CT molecular complexity index is 501. The van der Waals surface area contributed by atoms with Crippen molar-refractivity contribution in [1.82, 2.24) is 0 Å². The first-order valence-electron chi connectivity index (χ1n) is 8.25. The van der Waals surface area contributed by atoms with Crippen LogP contribution in [-0.4, -0.2) is 15.4 Å². The Morgan fingerprint density at radius 2 is 1.82 bits per heavy atom. The Hall–Kier alpha value is -0.930. The number of rotatable bonds is 8. The van der Waals surface area contributed by atoms with Gasteiger partial charge in [0, 0.05) is 9.80 Å². The predicted molar refractivity (Wildman–Crippen MR) is 95.2 cm³/mol. The molecule has 0 aromatic heterocycles. The summed E-state index contributed by atoms with van der Waals surface area (Å²) in [5.41, 5.74) is 1.16. The molecule has 0 radical (unpaired) electrons. The van der Waals surface area contributed by atoms with Crippen LogP contribution in [0.4, 0.5) is 0 Å². The second-order valence-electron chi connectivity index (χ2n) is 6.38. The molecule has 0 fully saturated rings. The molecule has 22 heavy (non-hydrogen) atoms. The molecule has 3 atom stereocenters. The van der Waals surface area contributed by atoms with Gasteiger partial charge >= 0.3 is 0 Å². The molecule has 2 nitrogen and oxygen atoms in total. The lowest BCUT2D eigenvalue weighted by Crippen LogP contribution is -2.17. The van der Waals surface area contributed by atoms with Gasteiger partial charge in [0.25, 0.3) is 0 Å². The molecule has 0 saturated heterocycles. The zero-order valence-electron chi connectivity index (χ0n) is 14.5. The molecule has 0 bridgehead atoms. The highest BCUT2D eigenvalue weighted by Gasteiger charge is 2.24. The van der Waals surface area contributed by atoms with Crippen molar-refractivity contribution < 1.29 is 9.32 Å². The fourth-order valence-corrected chi connectivity index (χ4v) is 4.23. The Kier molecular flexibility index (Phi) is 8.05. The third kappa shape index (κ3) is 5.69. The number of unbranched alkanes of at least 4 members (excludes halogenated alkanes) is 1. The molecule has 0 heterocycles. The molecule has 0 unspecified atom stereocenters. The molecule has 1 N–H and O–H groups in total. The highest BCUT2D eigenvalue weighted by Crippen LogP contribution is 2.31. The van der Waals surface area contributed by atoms with Gasteiger partial charge in [-0.2, -0.15) is 0 Å². The lowest BCUT2D eigenvalue weighted by atomic mass is 9.89. The zero-order valence-corrected chi connectivity index (χ0v) is 15.3. The van der Waals surface area contributed by atoms with Crippen molar-refractivity contribution in [3.05, 3.63) is 40.8 Å². The van der Waals surface area contributed by atoms with Crippen molar-refractivity contribution in [2.75, 3.05) is 0 Å². The first-order valence-corrected chi connectivity index (χ1v) is 9.40. The van der Waals surface area contributed by atoms with Gasteiger partial charge in [0.05, 0.1) is 16.9 Å². The molecule has 0 amide bonds. The summed E-state index contributed by atoms with van der Waals surface area (Å²) >= 11 is 0. The summed E-state index contributed by atoms with van der Waals surface area (Å²) in [5, 5.41) is 9.81. The van der Waals surface area contributed by atoms with Gasteiger partial charge in [-0.15, -0.1) is 0 Å². The molecular formula is C19H30O2S. The largest absolute Gasteiger partial charge is 0.389 e. The summed E-state index contributed by atoms with van der Waals surface area (Å²) < 4.78 is 13.0. The van der Waals surface area contributed by atoms with Gasteiger partial charge in [-0.25, -0.2) is 4.21 Å². The lowest BCUT2D eigenvalue weighted by Gasteiger charge is -2.24. The number of allylic oxidation sites excluding steroid dienone is 1. The lowest BCUT2D eigenvalue weighted by molar-refractivity contribution is 0.242. The van der Waals surface area contributed by atoms with Crippen molar-refractivity contribution in [3.8, 4) is 0 Å². The summed E-state index contributed by atoms with van der Waals surface area (Å²) in [4.78, 5) is 1.70. The van der Waals surface area contributed by atoms with Crippen LogP contribution in [0.5, 0.6) is 0 Å². The van der Waals surface area contributed by atoms with E-state index in [1.54, 1.807) is 13.0 Å². The Morgan fingerprint density at radius 3 is 2.27 bits per heavy atom. The minimum absolute atomic E-state index is 0.247. The summed E-state index contributed by atoms with van der Waals surface area (Å²) in [5.74, 6) is 0.655. The van der Waals surface area contributed by atoms with Gasteiger partial charge in [-0.05, 0) is 50.3 Å². The van der Waals surface area contributed by atoms with E-state index in [4.69, 9.17) is 0 Å². The highest BCUT2D eigenvalue weighted by atomic mass is 32.2. The van der Waals surface area contributed by atoms with E-state index in [-0.39, 0.29) is 5.92 Å². The van der Waals surface area contributed by atoms with Crippen LogP contribution in [0.3, 0.4) is 0 Å². The van der Waals surface area contributed by atoms with Crippen LogP contribution in [0.15, 0.2) is 40.1 Å². The standard InChI is InChI=1S/C19H30O2S/c1-6-7-8-18(14(2)3)19(13-16(5)20)22(21)17-11-9-15(4)10-12-17/h9-14,16,18,20H,6-8H2,1-5H3/b19-13-/t16-,18-,22-/m0/s1. The molecule has 0 spiro atoms. The molecule has 1 rings (SSSR count). The molecule has 0 aliphatic carbocycles. The van der Waals surface area contributed by atoms with Gasteiger partial charge in [0.1, 0.15) is 0 Å². The van der Waals surface area contributed by atoms with E-state index >= 15 is 0 Å². The third-order valence-electron chi connectivity index (χ3n) is 3.89. The van der Waals surface area contributed by atoms with Crippen LogP contribution in [0.2, 0.25) is 0 Å². The number of benzene rings is 1. The van der Waals surface area contributed by atoms with Crippen LogP contribution in [0.25, 0.3) is 0 Å². The second kappa shape index (κ2) is 9.26. The van der Waals surface area contributed by atoms with E-state index in [0.717, 1.165) is 34.6 Å². The molecule has 0 aliphatic heterocycles. The molecule has 0 saturated carbocycles. The fourth-order valence-electron chi connectivity index (χ4n) is 2.59. The van der Waals surface area contributed by atoms with Crippen LogP contribution >= 0.6 is 0 Å². The fraction of sp³-hybridized carbons (Fsp3) is 0.579. The number of hydrogen-bond donors (Lipinski definition) is 1. The first kappa shape index (κ1) is 19.1. The van der Waals surface area contributed by atoms with Gasteiger partial charge in [-0.1, -0.05) is 51.3 Å². The van der Waals surface area contributed by atoms with Crippen molar-refractivity contribution in [2.24, 2.45) is 11.8 Å². The van der Waals surface area contributed by atoms with E-state index < -0.39 is 16.9 Å². The van der Waals surface area contributed by atoms with Crippen molar-refractivity contribution >= 4 is 10.8 Å². The van der Waals surface area contributed by atoms with Crippen LogP contribution in [0.1, 0.15) is 52.5 Å². The quantitative estimate of drug-likeness (QED) is 0.744. The zero-order chi connectivity index (χ0) is 16.7. The van der Waals surface area contributed by atoms with Crippen LogP contribution in [0, 0.1) is 18.8 Å². The molecule has 124 valence electrons. The van der Waals surface area contributed by atoms with E-state index in [2.05, 4.69) is 20.8 Å². The minimum atomic E-state index is -1.20. The van der Waals surface area contributed by atoms with E-state index in [1.165, 1.54) is 0 Å². The van der Waals surface area contributed by atoms with E-state index in [0.29, 0.717) is 5.92 Å². The normalized spacial score (nSPS) is 16.6. The van der Waals surface area contributed by atoms with Crippen LogP contribution < -0.4 is 0 Å². The number of hydrogen-bond acceptors (Lipinski definition) is 2. The monoisotopic (exact) mass is 322 g/mol. The smallest absolute Gasteiger partial charge is 0.0809 e. The maximum Gasteiger partial charge on any atom is 0.0809 e. The van der Waals surface area contributed by atoms with Gasteiger partial charge in [0.15, 0.2) is 0 Å². The SMILES string of the molecule is CCCC[C@H](/C(=C/[C@H](C)O)[S@@](=O)c1ccc(C)cc1)C(C)C. The summed E-state index contributed by atoms with van der Waals surface area (Å²) in [6.07, 6.45) is 4.47. The number of aryl methyl sites for hydroxylation is 1. The van der Waals surface area contributed by atoms with Crippen molar-refractivity contribution in [2.45, 2.75) is 64.9 Å². The van der Waals surface area contributed by atoms with Crippen LogP contribution in [-0.2, 0) is 10.8 Å². The summed E-state index contributed by atoms with van der Waals surface area (Å²) in [6.45, 7) is 10.3. The maximum absolute atomic E-state index is 13.0. The average Bonchev–Trinajstić information content (AvgIpc) is 2.45. The van der Waals surface area contributed by atoms with E-state index in [1.807, 2.05) is 31.2 Å². The molecule has 3 heteroatoms. The maximum atomic E-state index is 13.0. The Morgan fingerprint density at radius 1 is 1.23 bits per heavy atom. The number of aliphatic hydroxyl groups excluding tert-OH is 1. The van der Waals surface area contributed by atoms with Gasteiger partial charge in [0.2, 0.25) is 0 Å². The van der Waals surface area contributed by atoms with E-state index in [9.17, 15) is 9.32 Å². The van der Waals surface area contributed by atoms with Crippen molar-refractivity contribution in [1.29, 1.82) is 0 Å². The van der Waals surface area contributed by atoms with Crippen molar-refractivity contribution in [3.63, 3.8) is 0 Å². The highest BCUT2D eigenvalue weighted by molar-refractivity contribution is 7.89. The van der Waals surface area contributed by atoms with Gasteiger partial charge in [-0.3, -0.25) is 0 Å². The third-order valence-corrected chi connectivity index (χ3v) is 5.46. The summed E-state index contributed by atoms with van der Waals surface area (Å²) in [7, 11) is -1.20. The van der Waals surface area contributed by atoms with Gasteiger partial charge < -0.3 is 5.11 Å². The molecule has 1 aromatic carbocycles. The molecular weight excluding hydrogens is 292 g/mol. The first-order chi connectivity index (χ1) is 10.4. The second-order valence-corrected chi connectivity index (χ2v) is 7.86. The predicted octanol–water partition coefficient (Wildman–Crippen LogP) is 4.83. The average molecular weight is 323 g/mol. The Balaban J connectivity index is 3.15. The number of aliphatic hydroxyl groups is 1. The minimum Gasteiger partial charge on any atom is -0.389 e. The topological polar surface area (TPSA) is 37.3 Å². The summed E-state index contributed by atoms with van der Waals surface area (Å²) in [6, 6.07) is 7.84. The molecule has 0 aliphatic rings.